The van der Waals surface area contributed by atoms with E-state index in [4.69, 9.17) is 0 Å². The molecule has 1 aromatic heterocycles. The van der Waals surface area contributed by atoms with Gasteiger partial charge in [0.05, 0.1) is 0 Å². The van der Waals surface area contributed by atoms with E-state index in [1.165, 1.54) is 11.3 Å². The molecule has 54 valence electrons. The molecule has 2 heteroatoms. The van der Waals surface area contributed by atoms with Gasteiger partial charge in [0.1, 0.15) is 5.69 Å². The summed E-state index contributed by atoms with van der Waals surface area (Å²) in [7, 11) is 1.97. The topological polar surface area (TPSA) is 16.8 Å². The Bertz CT molecular complexity index is 230. The van der Waals surface area contributed by atoms with Gasteiger partial charge in [-0.15, -0.1) is 0 Å². The summed E-state index contributed by atoms with van der Waals surface area (Å²) in [5, 5.41) is 4.25. The lowest BCUT2D eigenvalue weighted by Gasteiger charge is -1.95. The highest BCUT2D eigenvalue weighted by atomic mass is 15.2. The molecule has 0 aliphatic heterocycles. The molecule has 0 unspecified atom stereocenters. The first-order valence-electron chi connectivity index (χ1n) is 3.42. The molecule has 0 amide bonds. The van der Waals surface area contributed by atoms with Gasteiger partial charge in [0.2, 0.25) is 5.69 Å². The molecule has 0 aliphatic carbocycles. The molecule has 0 aliphatic rings. The predicted molar refractivity (Wildman–Crippen MR) is 39.6 cm³/mol. The molecule has 1 aromatic rings. The average molecular weight is 137 g/mol. The number of rotatable bonds is 0. The highest BCUT2D eigenvalue weighted by molar-refractivity contribution is 5.13. The van der Waals surface area contributed by atoms with Gasteiger partial charge in [0, 0.05) is 12.5 Å². The maximum absolute atomic E-state index is 4.25. The molecule has 2 nitrogen and oxygen atoms in total. The number of aromatic nitrogens is 2. The third-order valence-corrected chi connectivity index (χ3v) is 1.79. The van der Waals surface area contributed by atoms with E-state index in [-0.39, 0.29) is 0 Å². The standard InChI is InChI=1S/C8H13N2/c1-6-5-7(2)9-10(4)8(6)3/h5H,1-4H3/q+1. The van der Waals surface area contributed by atoms with Crippen molar-refractivity contribution >= 4 is 0 Å². The van der Waals surface area contributed by atoms with Crippen LogP contribution in [0, 0.1) is 20.8 Å². The molecule has 0 spiro atoms. The second-order valence-electron chi connectivity index (χ2n) is 2.68. The molecule has 0 saturated carbocycles. The Morgan fingerprint density at radius 2 is 1.90 bits per heavy atom. The first kappa shape index (κ1) is 7.19. The fraction of sp³-hybridized carbons (Fsp3) is 0.500. The summed E-state index contributed by atoms with van der Waals surface area (Å²) < 4.78 is 1.91. The SMILES string of the molecule is Cc1cc(C)c(C)[n+](C)n1. The van der Waals surface area contributed by atoms with Crippen LogP contribution < -0.4 is 4.68 Å². The Kier molecular flexibility index (Phi) is 1.70. The van der Waals surface area contributed by atoms with Crippen LogP contribution in [-0.2, 0) is 7.05 Å². The zero-order valence-corrected chi connectivity index (χ0v) is 6.97. The number of nitrogens with zero attached hydrogens (tertiary/aromatic N) is 2. The van der Waals surface area contributed by atoms with E-state index in [0.717, 1.165) is 5.69 Å². The largest absolute Gasteiger partial charge is 0.208 e. The summed E-state index contributed by atoms with van der Waals surface area (Å²) in [6.45, 7) is 6.18. The number of aryl methyl sites for hydroxylation is 3. The van der Waals surface area contributed by atoms with Crippen molar-refractivity contribution in [1.82, 2.24) is 5.10 Å². The van der Waals surface area contributed by atoms with Gasteiger partial charge in [-0.05, 0) is 25.0 Å². The molecule has 0 atom stereocenters. The van der Waals surface area contributed by atoms with Crippen LogP contribution in [0.25, 0.3) is 0 Å². The minimum absolute atomic E-state index is 1.07. The van der Waals surface area contributed by atoms with Gasteiger partial charge < -0.3 is 0 Å². The Morgan fingerprint density at radius 1 is 1.30 bits per heavy atom. The van der Waals surface area contributed by atoms with Crippen molar-refractivity contribution in [3.8, 4) is 0 Å². The van der Waals surface area contributed by atoms with Crippen LogP contribution >= 0.6 is 0 Å². The highest BCUT2D eigenvalue weighted by Gasteiger charge is 2.05. The molecule has 0 N–H and O–H groups in total. The van der Waals surface area contributed by atoms with Gasteiger partial charge in [0.25, 0.3) is 0 Å². The van der Waals surface area contributed by atoms with E-state index in [0.29, 0.717) is 0 Å². The molecular weight excluding hydrogens is 124 g/mol. The van der Waals surface area contributed by atoms with Crippen molar-refractivity contribution in [2.45, 2.75) is 20.8 Å². The molecule has 0 aromatic carbocycles. The minimum atomic E-state index is 1.07. The molecule has 0 radical (unpaired) electrons. The summed E-state index contributed by atoms with van der Waals surface area (Å²) in [4.78, 5) is 0. The summed E-state index contributed by atoms with van der Waals surface area (Å²) in [5.41, 5.74) is 3.60. The third kappa shape index (κ3) is 1.15. The maximum atomic E-state index is 4.25. The van der Waals surface area contributed by atoms with E-state index >= 15 is 0 Å². The van der Waals surface area contributed by atoms with Crippen molar-refractivity contribution in [3.63, 3.8) is 0 Å². The van der Waals surface area contributed by atoms with Crippen molar-refractivity contribution < 1.29 is 4.68 Å². The van der Waals surface area contributed by atoms with E-state index in [9.17, 15) is 0 Å². The van der Waals surface area contributed by atoms with Crippen LogP contribution in [0.2, 0.25) is 0 Å². The molecule has 10 heavy (non-hydrogen) atoms. The van der Waals surface area contributed by atoms with Gasteiger partial charge in [-0.3, -0.25) is 0 Å². The quantitative estimate of drug-likeness (QED) is 0.484. The number of hydrogen-bond acceptors (Lipinski definition) is 1. The van der Waals surface area contributed by atoms with Crippen LogP contribution in [0.3, 0.4) is 0 Å². The van der Waals surface area contributed by atoms with Crippen LogP contribution in [-0.4, -0.2) is 5.10 Å². The zero-order chi connectivity index (χ0) is 7.72. The van der Waals surface area contributed by atoms with Gasteiger partial charge in [-0.1, -0.05) is 4.68 Å². The Labute approximate surface area is 61.5 Å². The fourth-order valence-electron chi connectivity index (χ4n) is 1.01. The van der Waals surface area contributed by atoms with Crippen LogP contribution in [0.1, 0.15) is 17.0 Å². The van der Waals surface area contributed by atoms with E-state index < -0.39 is 0 Å². The lowest BCUT2D eigenvalue weighted by atomic mass is 10.2. The van der Waals surface area contributed by atoms with E-state index in [1.807, 2.05) is 18.7 Å². The van der Waals surface area contributed by atoms with Crippen LogP contribution in [0.15, 0.2) is 6.07 Å². The monoisotopic (exact) mass is 137 g/mol. The number of hydrogen-bond donors (Lipinski definition) is 0. The van der Waals surface area contributed by atoms with Gasteiger partial charge in [0.15, 0.2) is 7.05 Å². The Morgan fingerprint density at radius 3 is 2.40 bits per heavy atom. The summed E-state index contributed by atoms with van der Waals surface area (Å²) in [5.74, 6) is 0. The van der Waals surface area contributed by atoms with Crippen molar-refractivity contribution in [3.05, 3.63) is 23.0 Å². The van der Waals surface area contributed by atoms with Crippen molar-refractivity contribution in [2.24, 2.45) is 7.05 Å². The molecule has 0 fully saturated rings. The molecule has 0 bridgehead atoms. The second kappa shape index (κ2) is 2.37. The lowest BCUT2D eigenvalue weighted by molar-refractivity contribution is -0.737. The van der Waals surface area contributed by atoms with Gasteiger partial charge >= 0.3 is 0 Å². The van der Waals surface area contributed by atoms with Gasteiger partial charge in [-0.25, -0.2) is 0 Å². The third-order valence-electron chi connectivity index (χ3n) is 1.79. The summed E-state index contributed by atoms with van der Waals surface area (Å²) >= 11 is 0. The minimum Gasteiger partial charge on any atom is -0.0910 e. The first-order valence-corrected chi connectivity index (χ1v) is 3.42. The highest BCUT2D eigenvalue weighted by Crippen LogP contribution is 1.99. The van der Waals surface area contributed by atoms with E-state index in [1.54, 1.807) is 0 Å². The Hall–Kier alpha value is -0.920. The molecule has 0 saturated heterocycles. The molecule has 1 rings (SSSR count). The fourth-order valence-corrected chi connectivity index (χ4v) is 1.01. The van der Waals surface area contributed by atoms with Crippen molar-refractivity contribution in [2.75, 3.05) is 0 Å². The molecule has 1 heterocycles. The van der Waals surface area contributed by atoms with E-state index in [2.05, 4.69) is 25.0 Å². The summed E-state index contributed by atoms with van der Waals surface area (Å²) in [6.07, 6.45) is 0. The lowest BCUT2D eigenvalue weighted by Crippen LogP contribution is -2.37. The molecular formula is C8H13N2+. The van der Waals surface area contributed by atoms with Crippen molar-refractivity contribution in [1.29, 1.82) is 0 Å². The average Bonchev–Trinajstić information content (AvgIpc) is 1.82. The normalized spacial score (nSPS) is 10.0. The first-order chi connectivity index (χ1) is 4.61. The summed E-state index contributed by atoms with van der Waals surface area (Å²) in [6, 6.07) is 2.09. The van der Waals surface area contributed by atoms with Crippen LogP contribution in [0.5, 0.6) is 0 Å². The Balaban J connectivity index is 3.31. The smallest absolute Gasteiger partial charge is 0.0910 e. The van der Waals surface area contributed by atoms with Gasteiger partial charge in [-0.2, -0.15) is 0 Å². The second-order valence-corrected chi connectivity index (χ2v) is 2.68. The maximum Gasteiger partial charge on any atom is 0.208 e. The van der Waals surface area contributed by atoms with Crippen LogP contribution in [0.4, 0.5) is 0 Å². The zero-order valence-electron chi connectivity index (χ0n) is 6.97. The predicted octanol–water partition coefficient (Wildman–Crippen LogP) is 0.831.